The molecule has 2 aliphatic heterocycles. The van der Waals surface area contributed by atoms with Crippen molar-refractivity contribution < 1.29 is 38.1 Å². The van der Waals surface area contributed by atoms with Crippen LogP contribution in [0.15, 0.2) is 58.6 Å². The molecule has 47 heavy (non-hydrogen) atoms. The van der Waals surface area contributed by atoms with Crippen molar-refractivity contribution >= 4 is 17.9 Å². The molecule has 5 atom stereocenters. The van der Waals surface area contributed by atoms with Crippen LogP contribution in [0.25, 0.3) is 0 Å². The zero-order valence-electron chi connectivity index (χ0n) is 29.0. The summed E-state index contributed by atoms with van der Waals surface area (Å²) in [5, 5.41) is 11.7. The van der Waals surface area contributed by atoms with Gasteiger partial charge in [-0.2, -0.15) is 0 Å². The second-order valence-electron chi connectivity index (χ2n) is 13.2. The first-order valence-electron chi connectivity index (χ1n) is 17.6. The van der Waals surface area contributed by atoms with Gasteiger partial charge in [-0.15, -0.1) is 0 Å². The molecule has 0 spiro atoms. The molecule has 3 heterocycles. The second-order valence-corrected chi connectivity index (χ2v) is 13.2. The number of hydrogen-bond acceptors (Lipinski definition) is 8. The third kappa shape index (κ3) is 11.1. The SMILES string of the molecule is C=C(C)C1Cc2oc(cc2C(=O)OC)[C@H](C(=C)C)[C@H]2C=C(C(=O)O2)[C@@H](OC(=O)CCCCCCC/C=C\CCCCCCCC)[C@@H]1O. The Hall–Kier alpha value is -3.39. The zero-order chi connectivity index (χ0) is 34.3. The van der Waals surface area contributed by atoms with Gasteiger partial charge >= 0.3 is 17.9 Å². The molecule has 0 saturated heterocycles. The highest BCUT2D eigenvalue weighted by atomic mass is 16.6. The minimum Gasteiger partial charge on any atom is -0.465 e. The summed E-state index contributed by atoms with van der Waals surface area (Å²) in [5.74, 6) is -2.38. The maximum Gasteiger partial charge on any atom is 0.341 e. The highest BCUT2D eigenvalue weighted by Crippen LogP contribution is 2.40. The van der Waals surface area contributed by atoms with E-state index in [9.17, 15) is 19.5 Å². The lowest BCUT2D eigenvalue weighted by Crippen LogP contribution is -2.41. The number of unbranched alkanes of at least 4 members (excludes halogenated alkanes) is 11. The Kier molecular flexibility index (Phi) is 15.7. The second kappa shape index (κ2) is 19.4. The summed E-state index contributed by atoms with van der Waals surface area (Å²) in [6, 6.07) is 1.58. The number of carbonyl (C=O) groups excluding carboxylic acids is 3. The molecule has 1 unspecified atom stereocenters. The minimum absolute atomic E-state index is 0.0819. The molecule has 8 heteroatoms. The van der Waals surface area contributed by atoms with Gasteiger partial charge in [-0.3, -0.25) is 4.79 Å². The average molecular weight is 653 g/mol. The summed E-state index contributed by atoms with van der Waals surface area (Å²) in [6.45, 7) is 13.9. The Morgan fingerprint density at radius 3 is 2.17 bits per heavy atom. The number of ether oxygens (including phenoxy) is 3. The van der Waals surface area contributed by atoms with Gasteiger partial charge in [0.2, 0.25) is 0 Å². The highest BCUT2D eigenvalue weighted by Gasteiger charge is 2.45. The molecule has 2 aliphatic rings. The average Bonchev–Trinajstić information content (AvgIpc) is 3.61. The van der Waals surface area contributed by atoms with Crippen molar-refractivity contribution in [2.45, 2.75) is 141 Å². The monoisotopic (exact) mass is 652 g/mol. The number of carbonyl (C=O) groups is 3. The first kappa shape index (κ1) is 38.1. The fourth-order valence-electron chi connectivity index (χ4n) is 6.42. The van der Waals surface area contributed by atoms with Gasteiger partial charge < -0.3 is 23.7 Å². The van der Waals surface area contributed by atoms with E-state index in [1.165, 1.54) is 52.1 Å². The van der Waals surface area contributed by atoms with Crippen molar-refractivity contribution in [3.63, 3.8) is 0 Å². The lowest BCUT2D eigenvalue weighted by molar-refractivity contribution is -0.156. The van der Waals surface area contributed by atoms with Crippen LogP contribution in [-0.4, -0.2) is 48.4 Å². The van der Waals surface area contributed by atoms with Gasteiger partial charge in [0, 0.05) is 18.8 Å². The lowest BCUT2D eigenvalue weighted by Gasteiger charge is -2.30. The molecular weight excluding hydrogens is 596 g/mol. The number of aliphatic hydroxyl groups excluding tert-OH is 1. The predicted molar refractivity (Wildman–Crippen MR) is 183 cm³/mol. The Bertz CT molecular complexity index is 1280. The van der Waals surface area contributed by atoms with E-state index >= 15 is 0 Å². The summed E-state index contributed by atoms with van der Waals surface area (Å²) in [6.07, 6.45) is 18.0. The van der Waals surface area contributed by atoms with Crippen LogP contribution in [0.4, 0.5) is 0 Å². The smallest absolute Gasteiger partial charge is 0.341 e. The highest BCUT2D eigenvalue weighted by molar-refractivity contribution is 5.93. The minimum atomic E-state index is -1.34. The van der Waals surface area contributed by atoms with Crippen LogP contribution in [0, 0.1) is 5.92 Å². The number of methoxy groups -OCH3 is 1. The zero-order valence-corrected chi connectivity index (χ0v) is 29.0. The van der Waals surface area contributed by atoms with Crippen molar-refractivity contribution in [3.05, 3.63) is 71.3 Å². The fraction of sp³-hybridized carbons (Fsp3) is 0.615. The number of hydrogen-bond donors (Lipinski definition) is 1. The quantitative estimate of drug-likeness (QED) is 0.0684. The van der Waals surface area contributed by atoms with Crippen molar-refractivity contribution in [1.29, 1.82) is 0 Å². The van der Waals surface area contributed by atoms with E-state index in [1.54, 1.807) is 26.0 Å². The number of allylic oxidation sites excluding steroid dienone is 2. The topological polar surface area (TPSA) is 112 Å². The molecule has 1 N–H and O–H groups in total. The third-order valence-electron chi connectivity index (χ3n) is 9.19. The summed E-state index contributed by atoms with van der Waals surface area (Å²) < 4.78 is 22.7. The van der Waals surface area contributed by atoms with Crippen molar-refractivity contribution in [3.8, 4) is 0 Å². The summed E-state index contributed by atoms with van der Waals surface area (Å²) in [7, 11) is 1.28. The lowest BCUT2D eigenvalue weighted by atomic mass is 9.84. The Morgan fingerprint density at radius 1 is 0.957 bits per heavy atom. The normalized spacial score (nSPS) is 22.4. The molecule has 1 aromatic rings. The maximum absolute atomic E-state index is 13.2. The first-order chi connectivity index (χ1) is 22.6. The van der Waals surface area contributed by atoms with Gasteiger partial charge in [-0.05, 0) is 58.1 Å². The molecule has 3 rings (SSSR count). The van der Waals surface area contributed by atoms with Crippen molar-refractivity contribution in [1.82, 2.24) is 0 Å². The summed E-state index contributed by atoms with van der Waals surface area (Å²) in [5.41, 5.74) is 1.51. The Morgan fingerprint density at radius 2 is 1.57 bits per heavy atom. The molecule has 1 aromatic heterocycles. The van der Waals surface area contributed by atoms with E-state index in [-0.39, 0.29) is 24.0 Å². The summed E-state index contributed by atoms with van der Waals surface area (Å²) >= 11 is 0. The van der Waals surface area contributed by atoms with Crippen LogP contribution >= 0.6 is 0 Å². The van der Waals surface area contributed by atoms with Gasteiger partial charge in [0.05, 0.1) is 18.6 Å². The van der Waals surface area contributed by atoms with E-state index in [0.29, 0.717) is 29.1 Å². The van der Waals surface area contributed by atoms with Crippen LogP contribution in [0.2, 0.25) is 0 Å². The molecule has 0 aromatic carbocycles. The Balaban J connectivity index is 1.59. The Labute approximate surface area is 281 Å². The number of esters is 3. The molecule has 260 valence electrons. The number of rotatable bonds is 19. The standard InChI is InChI=1S/C39H56O8/c1-7-8-9-10-11-12-13-14-15-16-17-18-19-20-21-22-34(40)47-37-30-25-33(46-39(30)43)35(27(4)5)32-24-29(38(42)44-6)31(45-32)23-28(26(2)3)36(37)41/h14-15,24-25,28,33,35-37,41H,2,4,7-13,16-23H2,1,3,5-6H3/b15-14-/t28?,33-,35+,36-,37-/m1/s1. The molecule has 4 bridgehead atoms. The van der Waals surface area contributed by atoms with E-state index in [4.69, 9.17) is 18.6 Å². The first-order valence-corrected chi connectivity index (χ1v) is 17.6. The third-order valence-corrected chi connectivity index (χ3v) is 9.19. The van der Waals surface area contributed by atoms with Gasteiger partial charge in [-0.25, -0.2) is 9.59 Å². The van der Waals surface area contributed by atoms with E-state index in [2.05, 4.69) is 32.2 Å². The van der Waals surface area contributed by atoms with Gasteiger partial charge in [0.25, 0.3) is 0 Å². The summed E-state index contributed by atoms with van der Waals surface area (Å²) in [4.78, 5) is 39.0. The number of furan rings is 1. The van der Waals surface area contributed by atoms with Gasteiger partial charge in [0.15, 0.2) is 6.10 Å². The van der Waals surface area contributed by atoms with Gasteiger partial charge in [0.1, 0.15) is 29.3 Å². The van der Waals surface area contributed by atoms with Crippen LogP contribution < -0.4 is 0 Å². The van der Waals surface area contributed by atoms with Crippen molar-refractivity contribution in [2.24, 2.45) is 5.92 Å². The molecule has 0 radical (unpaired) electrons. The van der Waals surface area contributed by atoms with Crippen LogP contribution in [0.5, 0.6) is 0 Å². The molecule has 0 aliphatic carbocycles. The van der Waals surface area contributed by atoms with Crippen molar-refractivity contribution in [2.75, 3.05) is 7.11 Å². The molecular formula is C39H56O8. The fourth-order valence-corrected chi connectivity index (χ4v) is 6.42. The van der Waals surface area contributed by atoms with E-state index in [0.717, 1.165) is 32.1 Å². The largest absolute Gasteiger partial charge is 0.465 e. The molecule has 0 amide bonds. The van der Waals surface area contributed by atoms with Gasteiger partial charge in [-0.1, -0.05) is 94.7 Å². The maximum atomic E-state index is 13.2. The molecule has 0 fully saturated rings. The van der Waals surface area contributed by atoms with E-state index < -0.39 is 48.1 Å². The number of aliphatic hydroxyl groups is 1. The van der Waals surface area contributed by atoms with E-state index in [1.807, 2.05) is 0 Å². The number of fused-ring (bicyclic) bond motifs is 3. The predicted octanol–water partition coefficient (Wildman–Crippen LogP) is 8.64. The van der Waals surface area contributed by atoms with Crippen LogP contribution in [0.1, 0.15) is 138 Å². The molecule has 0 saturated carbocycles. The molecule has 8 nitrogen and oxygen atoms in total. The van der Waals surface area contributed by atoms with Crippen LogP contribution in [-0.2, 0) is 30.2 Å². The van der Waals surface area contributed by atoms with Crippen LogP contribution in [0.3, 0.4) is 0 Å².